The molecule has 35 heavy (non-hydrogen) atoms. The zero-order valence-electron chi connectivity index (χ0n) is 20.9. The fourth-order valence-corrected chi connectivity index (χ4v) is 4.51. The smallest absolute Gasteiger partial charge is 0.289 e. The maximum Gasteiger partial charge on any atom is 0.289 e. The van der Waals surface area contributed by atoms with Crippen LogP contribution in [0.25, 0.3) is 10.9 Å². The van der Waals surface area contributed by atoms with Gasteiger partial charge in [0.15, 0.2) is 0 Å². The summed E-state index contributed by atoms with van der Waals surface area (Å²) in [5.41, 5.74) is 8.30. The Labute approximate surface area is 205 Å². The van der Waals surface area contributed by atoms with Gasteiger partial charge in [-0.3, -0.25) is 19.3 Å². The van der Waals surface area contributed by atoms with E-state index in [-0.39, 0.29) is 29.4 Å². The number of amides is 2. The maximum atomic E-state index is 13.5. The molecule has 3 N–H and O–H groups in total. The number of carbonyl (C=O) groups is 3. The highest BCUT2D eigenvalue weighted by molar-refractivity contribution is 6.44. The van der Waals surface area contributed by atoms with E-state index >= 15 is 0 Å². The van der Waals surface area contributed by atoms with Crippen LogP contribution in [0.3, 0.4) is 0 Å². The van der Waals surface area contributed by atoms with Crippen LogP contribution in [0.4, 0.5) is 4.39 Å². The van der Waals surface area contributed by atoms with Gasteiger partial charge >= 0.3 is 0 Å². The minimum absolute atomic E-state index is 0.0396. The number of aryl methyl sites for hydroxylation is 1. The second kappa shape index (κ2) is 10.8. The molecule has 1 aliphatic heterocycles. The Morgan fingerprint density at radius 2 is 1.69 bits per heavy atom. The molecule has 1 aliphatic rings. The zero-order valence-corrected chi connectivity index (χ0v) is 20.9. The van der Waals surface area contributed by atoms with E-state index in [0.29, 0.717) is 36.1 Å². The van der Waals surface area contributed by atoms with Crippen LogP contribution >= 0.6 is 0 Å². The molecule has 186 valence electrons. The molecule has 1 aromatic heterocycles. The van der Waals surface area contributed by atoms with Gasteiger partial charge in [-0.25, -0.2) is 4.39 Å². The molecule has 0 saturated carbocycles. The largest absolute Gasteiger partial charge is 0.363 e. The van der Waals surface area contributed by atoms with Crippen molar-refractivity contribution in [1.82, 2.24) is 14.8 Å². The summed E-state index contributed by atoms with van der Waals surface area (Å²) in [5, 5.41) is 0.503. The van der Waals surface area contributed by atoms with E-state index in [9.17, 15) is 18.8 Å². The Morgan fingerprint density at radius 3 is 2.31 bits per heavy atom. The number of ketones is 1. The van der Waals surface area contributed by atoms with Gasteiger partial charge in [-0.2, -0.15) is 0 Å². The summed E-state index contributed by atoms with van der Waals surface area (Å²) in [6, 6.07) is 10.0. The van der Waals surface area contributed by atoms with Crippen LogP contribution in [0.15, 0.2) is 42.6 Å². The Morgan fingerprint density at radius 1 is 1.03 bits per heavy atom. The van der Waals surface area contributed by atoms with Gasteiger partial charge in [-0.1, -0.05) is 26.0 Å². The molecule has 1 saturated heterocycles. The van der Waals surface area contributed by atoms with Crippen LogP contribution in [0, 0.1) is 12.7 Å². The fourth-order valence-electron chi connectivity index (χ4n) is 4.51. The van der Waals surface area contributed by atoms with Crippen LogP contribution in [-0.2, 0) is 11.3 Å². The van der Waals surface area contributed by atoms with Crippen LogP contribution in [0.2, 0.25) is 0 Å². The number of aromatic amines is 1. The Bertz CT molecular complexity index is 1240. The Kier molecular flexibility index (Phi) is 8.07. The van der Waals surface area contributed by atoms with Gasteiger partial charge in [0.25, 0.3) is 17.6 Å². The number of hydrogen-bond acceptors (Lipinski definition) is 4. The minimum atomic E-state index is -1.04. The first kappa shape index (κ1) is 26.1. The maximum absolute atomic E-state index is 13.5. The van der Waals surface area contributed by atoms with Crippen molar-refractivity contribution in [3.8, 4) is 0 Å². The number of nitrogens with zero attached hydrogens (tertiary/aromatic N) is 2. The number of piperazine rings is 1. The van der Waals surface area contributed by atoms with Crippen molar-refractivity contribution in [3.63, 3.8) is 0 Å². The van der Waals surface area contributed by atoms with Crippen molar-refractivity contribution in [2.75, 3.05) is 13.1 Å². The molecule has 8 heteroatoms. The molecule has 3 aromatic rings. The van der Waals surface area contributed by atoms with Crippen molar-refractivity contribution in [2.45, 2.75) is 53.2 Å². The number of fused-ring (bicyclic) bond motifs is 1. The third-order valence-corrected chi connectivity index (χ3v) is 6.40. The normalized spacial score (nSPS) is 18.2. The average Bonchev–Trinajstić information content (AvgIpc) is 3.24. The lowest BCUT2D eigenvalue weighted by Crippen LogP contribution is -2.57. The van der Waals surface area contributed by atoms with Gasteiger partial charge in [-0.05, 0) is 56.2 Å². The lowest BCUT2D eigenvalue weighted by Gasteiger charge is -2.44. The number of Topliss-reactive ketones (excluding diaryl/α,β-unsaturated/α-hetero) is 1. The molecule has 1 fully saturated rings. The number of hydrogen-bond donors (Lipinski definition) is 2. The highest BCUT2D eigenvalue weighted by Gasteiger charge is 2.33. The fraction of sp³-hybridized carbons (Fsp3) is 0.370. The quantitative estimate of drug-likeness (QED) is 0.425. The number of nitrogens with one attached hydrogen (secondary N) is 1. The van der Waals surface area contributed by atoms with Crippen molar-refractivity contribution < 1.29 is 18.8 Å². The number of carbonyl (C=O) groups excluding carboxylic acids is 3. The first-order valence-electron chi connectivity index (χ1n) is 11.9. The topological polar surface area (TPSA) is 99.5 Å². The minimum Gasteiger partial charge on any atom is -0.363 e. The van der Waals surface area contributed by atoms with Crippen molar-refractivity contribution in [2.24, 2.45) is 5.73 Å². The summed E-state index contributed by atoms with van der Waals surface area (Å²) < 4.78 is 13.2. The number of halogens is 1. The lowest BCUT2D eigenvalue weighted by molar-refractivity contribution is -0.114. The van der Waals surface area contributed by atoms with Gasteiger partial charge < -0.3 is 15.6 Å². The first-order valence-corrected chi connectivity index (χ1v) is 11.9. The first-order chi connectivity index (χ1) is 16.7. The number of aromatic nitrogens is 1. The molecule has 2 atom stereocenters. The lowest BCUT2D eigenvalue weighted by atomic mass is 9.99. The van der Waals surface area contributed by atoms with E-state index in [4.69, 9.17) is 5.73 Å². The highest BCUT2D eigenvalue weighted by Crippen LogP contribution is 2.26. The third kappa shape index (κ3) is 5.43. The van der Waals surface area contributed by atoms with Crippen LogP contribution in [0.1, 0.15) is 59.5 Å². The second-order valence-corrected chi connectivity index (χ2v) is 8.82. The molecule has 2 aromatic carbocycles. The van der Waals surface area contributed by atoms with Gasteiger partial charge in [0.1, 0.15) is 5.82 Å². The molecule has 2 amide bonds. The summed E-state index contributed by atoms with van der Waals surface area (Å²) in [7, 11) is 0. The predicted molar refractivity (Wildman–Crippen MR) is 135 cm³/mol. The number of nitrogens with two attached hydrogens (primary N) is 1. The van der Waals surface area contributed by atoms with Gasteiger partial charge in [-0.15, -0.1) is 0 Å². The SMILES string of the molecule is CC.Cc1cc2[nH]cc(C(=O)C(N)=O)c2cc1C(=O)N1C[C@H](C)N(Cc2ccc(F)cc2)CC1C. The van der Waals surface area contributed by atoms with E-state index in [2.05, 4.69) is 16.8 Å². The Balaban J connectivity index is 0.00000167. The molecule has 0 radical (unpaired) electrons. The highest BCUT2D eigenvalue weighted by atomic mass is 19.1. The average molecular weight is 481 g/mol. The summed E-state index contributed by atoms with van der Waals surface area (Å²) in [4.78, 5) is 44.2. The number of benzene rings is 2. The second-order valence-electron chi connectivity index (χ2n) is 8.82. The molecule has 7 nitrogen and oxygen atoms in total. The molecular formula is C27H33FN4O3. The monoisotopic (exact) mass is 480 g/mol. The third-order valence-electron chi connectivity index (χ3n) is 6.40. The van der Waals surface area contributed by atoms with E-state index in [1.165, 1.54) is 18.3 Å². The molecular weight excluding hydrogens is 447 g/mol. The van der Waals surface area contributed by atoms with Gasteiger partial charge in [0, 0.05) is 54.4 Å². The number of rotatable bonds is 5. The van der Waals surface area contributed by atoms with Crippen LogP contribution in [-0.4, -0.2) is 57.6 Å². The predicted octanol–water partition coefficient (Wildman–Crippen LogP) is 4.04. The summed E-state index contributed by atoms with van der Waals surface area (Å²) in [6.45, 7) is 11.8. The number of primary amides is 1. The summed E-state index contributed by atoms with van der Waals surface area (Å²) in [6.07, 6.45) is 1.45. The molecule has 0 bridgehead atoms. The van der Waals surface area contributed by atoms with E-state index in [1.54, 1.807) is 24.3 Å². The van der Waals surface area contributed by atoms with Crippen LogP contribution < -0.4 is 5.73 Å². The molecule has 1 unspecified atom stereocenters. The zero-order chi connectivity index (χ0) is 25.9. The number of H-pyrrole nitrogens is 1. The van der Waals surface area contributed by atoms with Crippen molar-refractivity contribution in [1.29, 1.82) is 0 Å². The van der Waals surface area contributed by atoms with E-state index in [0.717, 1.165) is 11.1 Å². The van der Waals surface area contributed by atoms with Crippen LogP contribution in [0.5, 0.6) is 0 Å². The van der Waals surface area contributed by atoms with Crippen molar-refractivity contribution in [3.05, 3.63) is 70.7 Å². The van der Waals surface area contributed by atoms with Gasteiger partial charge in [0.05, 0.1) is 5.56 Å². The summed E-state index contributed by atoms with van der Waals surface area (Å²) >= 11 is 0. The Hall–Kier alpha value is -3.52. The van der Waals surface area contributed by atoms with E-state index < -0.39 is 11.7 Å². The standard InChI is InChI=1S/C25H27FN4O3.C2H6/c1-14-8-22-20(21(10-28-22)23(31)24(27)32)9-19(14)25(33)30-12-15(2)29(11-16(30)3)13-17-4-6-18(26)7-5-17;1-2/h4-10,15-16,28H,11-13H2,1-3H3,(H2,27,32);1-2H3/t15-,16?;/m0./s1. The molecule has 2 heterocycles. The van der Waals surface area contributed by atoms with Gasteiger partial charge in [0.2, 0.25) is 0 Å². The van der Waals surface area contributed by atoms with E-state index in [1.807, 2.05) is 32.6 Å². The molecule has 0 spiro atoms. The summed E-state index contributed by atoms with van der Waals surface area (Å²) in [5.74, 6) is -2.20. The molecule has 0 aliphatic carbocycles. The molecule has 4 rings (SSSR count). The van der Waals surface area contributed by atoms with Crippen molar-refractivity contribution >= 4 is 28.5 Å².